The molecule has 2 nitrogen and oxygen atoms in total. The SMILES string of the molecule is C=C(C)CN(C)[N-]C. The monoisotopic (exact) mass is 113 g/mol. The van der Waals surface area contributed by atoms with Gasteiger partial charge in [-0.1, -0.05) is 12.2 Å². The molecule has 0 aliphatic heterocycles. The molecule has 0 unspecified atom stereocenters. The molecule has 0 fully saturated rings. The van der Waals surface area contributed by atoms with Crippen LogP contribution in [0.2, 0.25) is 0 Å². The predicted molar refractivity (Wildman–Crippen MR) is 36.7 cm³/mol. The van der Waals surface area contributed by atoms with Gasteiger partial charge in [-0.2, -0.15) is 7.05 Å². The van der Waals surface area contributed by atoms with Gasteiger partial charge in [0.1, 0.15) is 0 Å². The van der Waals surface area contributed by atoms with E-state index in [4.69, 9.17) is 0 Å². The fourth-order valence-electron chi connectivity index (χ4n) is 0.461. The Labute approximate surface area is 51.2 Å². The molecule has 0 aliphatic rings. The highest BCUT2D eigenvalue weighted by atomic mass is 15.5. The fraction of sp³-hybridized carbons (Fsp3) is 0.667. The topological polar surface area (TPSA) is 17.3 Å². The second-order valence-electron chi connectivity index (χ2n) is 1.97. The first-order valence-electron chi connectivity index (χ1n) is 2.62. The van der Waals surface area contributed by atoms with E-state index in [0.717, 1.165) is 12.1 Å². The summed E-state index contributed by atoms with van der Waals surface area (Å²) < 4.78 is 0. The van der Waals surface area contributed by atoms with Gasteiger partial charge in [0, 0.05) is 6.54 Å². The van der Waals surface area contributed by atoms with Crippen LogP contribution < -0.4 is 0 Å². The Morgan fingerprint density at radius 2 is 2.25 bits per heavy atom. The summed E-state index contributed by atoms with van der Waals surface area (Å²) in [6.07, 6.45) is 0. The second-order valence-corrected chi connectivity index (χ2v) is 1.97. The van der Waals surface area contributed by atoms with Gasteiger partial charge in [-0.3, -0.25) is 0 Å². The predicted octanol–water partition coefficient (Wildman–Crippen LogP) is 1.41. The minimum Gasteiger partial charge on any atom is -0.597 e. The van der Waals surface area contributed by atoms with E-state index in [-0.39, 0.29) is 0 Å². The van der Waals surface area contributed by atoms with Gasteiger partial charge < -0.3 is 10.4 Å². The lowest BCUT2D eigenvalue weighted by Crippen LogP contribution is -2.13. The Bertz CT molecular complexity index is 78.6. The average Bonchev–Trinajstić information content (AvgIpc) is 1.65. The Kier molecular flexibility index (Phi) is 3.48. The van der Waals surface area contributed by atoms with Gasteiger partial charge in [-0.15, -0.1) is 0 Å². The van der Waals surface area contributed by atoms with Gasteiger partial charge >= 0.3 is 0 Å². The molecule has 0 saturated carbocycles. The van der Waals surface area contributed by atoms with Crippen molar-refractivity contribution >= 4 is 0 Å². The summed E-state index contributed by atoms with van der Waals surface area (Å²) in [5, 5.41) is 1.85. The van der Waals surface area contributed by atoms with Crippen molar-refractivity contribution in [2.24, 2.45) is 0 Å². The maximum absolute atomic E-state index is 3.90. The van der Waals surface area contributed by atoms with Crippen LogP contribution in [-0.4, -0.2) is 25.6 Å². The van der Waals surface area contributed by atoms with Crippen molar-refractivity contribution in [1.82, 2.24) is 5.01 Å². The van der Waals surface area contributed by atoms with E-state index >= 15 is 0 Å². The maximum atomic E-state index is 3.90. The third kappa shape index (κ3) is 3.84. The molecule has 0 saturated heterocycles. The number of likely N-dealkylation sites (N-methyl/N-ethyl adjacent to an activating group) is 1. The Balaban J connectivity index is 3.24. The van der Waals surface area contributed by atoms with Crippen LogP contribution in [0.4, 0.5) is 0 Å². The third-order valence-electron chi connectivity index (χ3n) is 0.840. The molecule has 0 amide bonds. The molecule has 0 spiro atoms. The molecule has 0 aromatic rings. The molecule has 0 aliphatic carbocycles. The van der Waals surface area contributed by atoms with Crippen molar-refractivity contribution in [2.45, 2.75) is 6.92 Å². The zero-order valence-electron chi connectivity index (χ0n) is 5.81. The van der Waals surface area contributed by atoms with Gasteiger partial charge in [0.05, 0.1) is 0 Å². The van der Waals surface area contributed by atoms with Crippen LogP contribution in [0.1, 0.15) is 6.92 Å². The molecule has 0 N–H and O–H groups in total. The minimum absolute atomic E-state index is 0.858. The van der Waals surface area contributed by atoms with Gasteiger partial charge in [0.15, 0.2) is 0 Å². The summed E-state index contributed by atoms with van der Waals surface area (Å²) in [5.41, 5.74) is 5.04. The third-order valence-corrected chi connectivity index (χ3v) is 0.840. The summed E-state index contributed by atoms with van der Waals surface area (Å²) in [6.45, 7) is 6.59. The number of rotatable bonds is 3. The lowest BCUT2D eigenvalue weighted by Gasteiger charge is -2.28. The number of nitrogens with zero attached hydrogens (tertiary/aromatic N) is 2. The Morgan fingerprint density at radius 1 is 1.75 bits per heavy atom. The van der Waals surface area contributed by atoms with Crippen molar-refractivity contribution in [3.63, 3.8) is 0 Å². The van der Waals surface area contributed by atoms with E-state index < -0.39 is 0 Å². The molecule has 0 bridgehead atoms. The van der Waals surface area contributed by atoms with E-state index in [1.165, 1.54) is 0 Å². The van der Waals surface area contributed by atoms with Crippen molar-refractivity contribution in [2.75, 3.05) is 20.6 Å². The lowest BCUT2D eigenvalue weighted by molar-refractivity contribution is 0.463. The smallest absolute Gasteiger partial charge is 0.00129 e. The van der Waals surface area contributed by atoms with E-state index in [1.54, 1.807) is 7.05 Å². The van der Waals surface area contributed by atoms with Crippen LogP contribution in [0, 0.1) is 0 Å². The summed E-state index contributed by atoms with van der Waals surface area (Å²) in [6, 6.07) is 0. The van der Waals surface area contributed by atoms with Crippen LogP contribution in [0.5, 0.6) is 0 Å². The minimum atomic E-state index is 0.858. The van der Waals surface area contributed by atoms with E-state index in [2.05, 4.69) is 12.0 Å². The van der Waals surface area contributed by atoms with Gasteiger partial charge in [-0.05, 0) is 14.0 Å². The highest BCUT2D eigenvalue weighted by Crippen LogP contribution is 1.94. The number of hydrogen-bond acceptors (Lipinski definition) is 1. The summed E-state index contributed by atoms with van der Waals surface area (Å²) in [4.78, 5) is 0. The highest BCUT2D eigenvalue weighted by Gasteiger charge is 1.81. The van der Waals surface area contributed by atoms with Crippen LogP contribution in [0.25, 0.3) is 5.43 Å². The molecule has 0 aromatic carbocycles. The largest absolute Gasteiger partial charge is 0.597 e. The van der Waals surface area contributed by atoms with E-state index in [1.807, 2.05) is 19.0 Å². The first-order chi connectivity index (χ1) is 3.66. The Hall–Kier alpha value is -0.340. The summed E-state index contributed by atoms with van der Waals surface area (Å²) in [5.74, 6) is 0. The van der Waals surface area contributed by atoms with Gasteiger partial charge in [-0.25, -0.2) is 0 Å². The van der Waals surface area contributed by atoms with Crippen molar-refractivity contribution in [3.8, 4) is 0 Å². The molecule has 0 rings (SSSR count). The molecular weight excluding hydrogens is 100 g/mol. The van der Waals surface area contributed by atoms with E-state index in [9.17, 15) is 0 Å². The molecule has 2 heteroatoms. The molecule has 0 aromatic heterocycles. The lowest BCUT2D eigenvalue weighted by atomic mass is 10.3. The molecule has 48 valence electrons. The normalized spacial score (nSPS) is 10.0. The first kappa shape index (κ1) is 7.66. The first-order valence-corrected chi connectivity index (χ1v) is 2.62. The quantitative estimate of drug-likeness (QED) is 0.399. The van der Waals surface area contributed by atoms with Gasteiger partial charge in [0.25, 0.3) is 0 Å². The highest BCUT2D eigenvalue weighted by molar-refractivity contribution is 4.92. The van der Waals surface area contributed by atoms with E-state index in [0.29, 0.717) is 0 Å². The van der Waals surface area contributed by atoms with Crippen LogP contribution in [0.3, 0.4) is 0 Å². The summed E-state index contributed by atoms with van der Waals surface area (Å²) >= 11 is 0. The molecule has 0 radical (unpaired) electrons. The van der Waals surface area contributed by atoms with Crippen LogP contribution in [-0.2, 0) is 0 Å². The second kappa shape index (κ2) is 3.64. The van der Waals surface area contributed by atoms with Crippen LogP contribution in [0.15, 0.2) is 12.2 Å². The standard InChI is InChI=1S/C6H13N2/c1-6(2)5-8(4)7-3/h1,5H2,2-4H3/q-1. The molecular formula is C6H13N2-. The summed E-state index contributed by atoms with van der Waals surface area (Å²) in [7, 11) is 3.69. The zero-order valence-corrected chi connectivity index (χ0v) is 5.81. The maximum Gasteiger partial charge on any atom is 0.00129 e. The van der Waals surface area contributed by atoms with Crippen LogP contribution >= 0.6 is 0 Å². The zero-order chi connectivity index (χ0) is 6.57. The molecule has 0 atom stereocenters. The molecule has 8 heavy (non-hydrogen) atoms. The van der Waals surface area contributed by atoms with Crippen molar-refractivity contribution in [1.29, 1.82) is 0 Å². The average molecular weight is 113 g/mol. The van der Waals surface area contributed by atoms with Crippen molar-refractivity contribution in [3.05, 3.63) is 17.6 Å². The fourth-order valence-corrected chi connectivity index (χ4v) is 0.461. The number of hydrogen-bond donors (Lipinski definition) is 0. The van der Waals surface area contributed by atoms with Crippen molar-refractivity contribution < 1.29 is 0 Å². The Morgan fingerprint density at radius 3 is 2.38 bits per heavy atom. The molecule has 0 heterocycles. The van der Waals surface area contributed by atoms with Gasteiger partial charge in [0.2, 0.25) is 0 Å².